The number of fused-ring (bicyclic) bond motifs is 2. The Morgan fingerprint density at radius 2 is 2.00 bits per heavy atom. The lowest BCUT2D eigenvalue weighted by Crippen LogP contribution is -2.52. The average Bonchev–Trinajstić information content (AvgIpc) is 2.40. The van der Waals surface area contributed by atoms with Crippen LogP contribution in [0.3, 0.4) is 0 Å². The number of benzene rings is 1. The number of amides is 1. The van der Waals surface area contributed by atoms with Crippen LogP contribution in [0.5, 0.6) is 0 Å². The molecule has 2 heterocycles. The van der Waals surface area contributed by atoms with Crippen molar-refractivity contribution in [3.8, 4) is 0 Å². The van der Waals surface area contributed by atoms with Crippen LogP contribution < -0.4 is 5.32 Å². The lowest BCUT2D eigenvalue weighted by molar-refractivity contribution is -0.131. The Bertz CT molecular complexity index is 463. The Labute approximate surface area is 108 Å². The Morgan fingerprint density at radius 3 is 2.72 bits per heavy atom. The zero-order chi connectivity index (χ0) is 12.6. The van der Waals surface area contributed by atoms with Crippen LogP contribution in [0.25, 0.3) is 0 Å². The maximum absolute atomic E-state index is 11.7. The van der Waals surface area contributed by atoms with Crippen molar-refractivity contribution in [1.82, 2.24) is 10.2 Å². The Morgan fingerprint density at radius 1 is 1.28 bits per heavy atom. The van der Waals surface area contributed by atoms with Crippen molar-refractivity contribution in [2.45, 2.75) is 31.7 Å². The Balaban J connectivity index is 2.04. The minimum absolute atomic E-state index is 0.186. The molecular weight excluding hydrogens is 224 g/mol. The summed E-state index contributed by atoms with van der Waals surface area (Å²) in [5.74, 6) is 0.197. The zero-order valence-corrected chi connectivity index (χ0v) is 10.9. The van der Waals surface area contributed by atoms with Gasteiger partial charge in [-0.3, -0.25) is 4.79 Å². The van der Waals surface area contributed by atoms with Crippen molar-refractivity contribution in [1.29, 1.82) is 0 Å². The number of carbonyl (C=O) groups excluding carboxylic acids is 1. The summed E-state index contributed by atoms with van der Waals surface area (Å²) in [6, 6.07) is 8.65. The second-order valence-electron chi connectivity index (χ2n) is 5.56. The van der Waals surface area contributed by atoms with Gasteiger partial charge in [-0.2, -0.15) is 0 Å². The lowest BCUT2D eigenvalue weighted by atomic mass is 9.69. The molecule has 1 spiro atoms. The van der Waals surface area contributed by atoms with E-state index in [1.54, 1.807) is 6.92 Å². The molecule has 2 aliphatic rings. The molecule has 0 unspecified atom stereocenters. The summed E-state index contributed by atoms with van der Waals surface area (Å²) in [5.41, 5.74) is 3.00. The van der Waals surface area contributed by atoms with Crippen molar-refractivity contribution >= 4 is 5.91 Å². The summed E-state index contributed by atoms with van der Waals surface area (Å²) in [4.78, 5) is 13.8. The van der Waals surface area contributed by atoms with Crippen LogP contribution in [0.15, 0.2) is 24.3 Å². The normalized spacial score (nSPS) is 21.7. The van der Waals surface area contributed by atoms with E-state index in [4.69, 9.17) is 0 Å². The molecule has 1 aromatic carbocycles. The first-order valence-corrected chi connectivity index (χ1v) is 6.76. The van der Waals surface area contributed by atoms with Gasteiger partial charge in [-0.05, 0) is 37.1 Å². The molecule has 96 valence electrons. The van der Waals surface area contributed by atoms with Crippen LogP contribution in [0, 0.1) is 0 Å². The number of carbonyl (C=O) groups is 1. The molecule has 3 heteroatoms. The fourth-order valence-corrected chi connectivity index (χ4v) is 3.44. The van der Waals surface area contributed by atoms with E-state index in [9.17, 15) is 4.79 Å². The van der Waals surface area contributed by atoms with Gasteiger partial charge in [0.2, 0.25) is 5.91 Å². The molecule has 0 aromatic heterocycles. The number of nitrogens with zero attached hydrogens (tertiary/aromatic N) is 1. The van der Waals surface area contributed by atoms with Gasteiger partial charge in [-0.15, -0.1) is 0 Å². The second-order valence-corrected chi connectivity index (χ2v) is 5.56. The van der Waals surface area contributed by atoms with Gasteiger partial charge in [-0.1, -0.05) is 24.3 Å². The van der Waals surface area contributed by atoms with E-state index in [-0.39, 0.29) is 11.3 Å². The first-order chi connectivity index (χ1) is 8.71. The van der Waals surface area contributed by atoms with E-state index in [1.807, 2.05) is 4.90 Å². The summed E-state index contributed by atoms with van der Waals surface area (Å²) in [5, 5.41) is 3.43. The largest absolute Gasteiger partial charge is 0.338 e. The van der Waals surface area contributed by atoms with Gasteiger partial charge in [0, 0.05) is 25.4 Å². The van der Waals surface area contributed by atoms with Crippen molar-refractivity contribution in [2.75, 3.05) is 19.6 Å². The molecule has 0 saturated carbocycles. The van der Waals surface area contributed by atoms with E-state index in [0.29, 0.717) is 0 Å². The molecule has 0 bridgehead atoms. The number of nitrogens with one attached hydrogen (secondary N) is 1. The molecule has 1 N–H and O–H groups in total. The first kappa shape index (κ1) is 11.7. The number of hydrogen-bond donors (Lipinski definition) is 1. The summed E-state index contributed by atoms with van der Waals surface area (Å²) < 4.78 is 0. The predicted molar refractivity (Wildman–Crippen MR) is 71.3 cm³/mol. The molecule has 1 aromatic rings. The molecule has 2 aliphatic heterocycles. The van der Waals surface area contributed by atoms with Crippen molar-refractivity contribution in [3.63, 3.8) is 0 Å². The van der Waals surface area contributed by atoms with Crippen LogP contribution in [0.1, 0.15) is 30.9 Å². The molecule has 0 atom stereocenters. The lowest BCUT2D eigenvalue weighted by Gasteiger charge is -2.46. The molecule has 18 heavy (non-hydrogen) atoms. The third-order valence-electron chi connectivity index (χ3n) is 4.45. The summed E-state index contributed by atoms with van der Waals surface area (Å²) in [6.45, 7) is 5.46. The Hall–Kier alpha value is -1.35. The van der Waals surface area contributed by atoms with Crippen LogP contribution in [-0.4, -0.2) is 30.4 Å². The predicted octanol–water partition coefficient (Wildman–Crippen LogP) is 1.67. The highest BCUT2D eigenvalue weighted by molar-refractivity contribution is 5.74. The third kappa shape index (κ3) is 1.83. The molecular formula is C15H20N2O. The minimum atomic E-state index is 0.186. The van der Waals surface area contributed by atoms with Crippen LogP contribution in [0.4, 0.5) is 0 Å². The fraction of sp³-hybridized carbons (Fsp3) is 0.533. The third-order valence-corrected chi connectivity index (χ3v) is 4.45. The van der Waals surface area contributed by atoms with Crippen molar-refractivity contribution < 1.29 is 4.79 Å². The Kier molecular flexibility index (Phi) is 2.86. The number of rotatable bonds is 0. The monoisotopic (exact) mass is 244 g/mol. The van der Waals surface area contributed by atoms with E-state index < -0.39 is 0 Å². The molecule has 1 fully saturated rings. The first-order valence-electron chi connectivity index (χ1n) is 6.76. The molecule has 1 amide bonds. The van der Waals surface area contributed by atoms with Crippen molar-refractivity contribution in [3.05, 3.63) is 35.4 Å². The fourth-order valence-electron chi connectivity index (χ4n) is 3.44. The highest BCUT2D eigenvalue weighted by atomic mass is 16.2. The molecule has 0 radical (unpaired) electrons. The average molecular weight is 244 g/mol. The van der Waals surface area contributed by atoms with Gasteiger partial charge in [-0.25, -0.2) is 0 Å². The molecule has 1 saturated heterocycles. The van der Waals surface area contributed by atoms with Crippen LogP contribution >= 0.6 is 0 Å². The molecule has 3 nitrogen and oxygen atoms in total. The minimum Gasteiger partial charge on any atom is -0.338 e. The summed E-state index contributed by atoms with van der Waals surface area (Å²) in [6.07, 6.45) is 2.27. The topological polar surface area (TPSA) is 32.3 Å². The zero-order valence-electron chi connectivity index (χ0n) is 10.9. The van der Waals surface area contributed by atoms with E-state index in [0.717, 1.165) is 39.0 Å². The van der Waals surface area contributed by atoms with Crippen LogP contribution in [-0.2, 0) is 16.8 Å². The smallest absolute Gasteiger partial charge is 0.219 e. The maximum Gasteiger partial charge on any atom is 0.219 e. The summed E-state index contributed by atoms with van der Waals surface area (Å²) >= 11 is 0. The summed E-state index contributed by atoms with van der Waals surface area (Å²) in [7, 11) is 0. The quantitative estimate of drug-likeness (QED) is 0.753. The maximum atomic E-state index is 11.7. The van der Waals surface area contributed by atoms with Crippen LogP contribution in [0.2, 0.25) is 0 Å². The highest BCUT2D eigenvalue weighted by Crippen LogP contribution is 2.40. The van der Waals surface area contributed by atoms with E-state index >= 15 is 0 Å². The van der Waals surface area contributed by atoms with Gasteiger partial charge in [0.05, 0.1) is 0 Å². The second kappa shape index (κ2) is 4.39. The number of hydrogen-bond acceptors (Lipinski definition) is 2. The van der Waals surface area contributed by atoms with Gasteiger partial charge in [0.25, 0.3) is 0 Å². The van der Waals surface area contributed by atoms with E-state index in [2.05, 4.69) is 29.6 Å². The van der Waals surface area contributed by atoms with Gasteiger partial charge in [0.1, 0.15) is 0 Å². The molecule has 3 rings (SSSR count). The number of piperidine rings is 1. The molecule has 0 aliphatic carbocycles. The standard InChI is InChI=1S/C15H20N2O/c1-12(18)17-10-13-4-2-3-5-14(13)15(11-17)6-8-16-9-7-15/h2-5,16H,6-11H2,1H3. The van der Waals surface area contributed by atoms with Gasteiger partial charge >= 0.3 is 0 Å². The van der Waals surface area contributed by atoms with E-state index in [1.165, 1.54) is 11.1 Å². The SMILES string of the molecule is CC(=O)N1Cc2ccccc2C2(CCNCC2)C1. The van der Waals surface area contributed by atoms with Gasteiger partial charge in [0.15, 0.2) is 0 Å². The van der Waals surface area contributed by atoms with Crippen molar-refractivity contribution in [2.24, 2.45) is 0 Å². The van der Waals surface area contributed by atoms with Gasteiger partial charge < -0.3 is 10.2 Å². The highest BCUT2D eigenvalue weighted by Gasteiger charge is 2.40.